The Bertz CT molecular complexity index is 459. The van der Waals surface area contributed by atoms with E-state index in [-0.39, 0.29) is 0 Å². The van der Waals surface area contributed by atoms with E-state index in [0.29, 0.717) is 11.7 Å². The van der Waals surface area contributed by atoms with E-state index >= 15 is 0 Å². The highest BCUT2D eigenvalue weighted by atomic mass is 16.1. The number of benzene rings is 1. The largest absolute Gasteiger partial charge is 0.294 e. The first-order chi connectivity index (χ1) is 9.28. The summed E-state index contributed by atoms with van der Waals surface area (Å²) in [7, 11) is 0. The van der Waals surface area contributed by atoms with Crippen molar-refractivity contribution in [3.63, 3.8) is 0 Å². The topological polar surface area (TPSA) is 17.1 Å². The van der Waals surface area contributed by atoms with Gasteiger partial charge in [-0.15, -0.1) is 0 Å². The minimum absolute atomic E-state index is 0.293. The predicted octanol–water partition coefficient (Wildman–Crippen LogP) is 4.96. The van der Waals surface area contributed by atoms with Crippen LogP contribution in [-0.4, -0.2) is 5.78 Å². The molecule has 0 spiro atoms. The van der Waals surface area contributed by atoms with Crippen LogP contribution in [0.4, 0.5) is 0 Å². The molecule has 3 rings (SSSR count). The van der Waals surface area contributed by atoms with Gasteiger partial charge in [-0.25, -0.2) is 0 Å². The molecule has 2 saturated carbocycles. The minimum Gasteiger partial charge on any atom is -0.294 e. The monoisotopic (exact) mass is 256 g/mol. The minimum atomic E-state index is 0.293. The van der Waals surface area contributed by atoms with Crippen LogP contribution < -0.4 is 0 Å². The van der Waals surface area contributed by atoms with Gasteiger partial charge in [-0.3, -0.25) is 4.79 Å². The van der Waals surface area contributed by atoms with Gasteiger partial charge in [0.2, 0.25) is 0 Å². The summed E-state index contributed by atoms with van der Waals surface area (Å²) in [6.45, 7) is 2.24. The average molecular weight is 256 g/mol. The van der Waals surface area contributed by atoms with Crippen molar-refractivity contribution in [2.75, 3.05) is 0 Å². The van der Waals surface area contributed by atoms with Crippen LogP contribution >= 0.6 is 0 Å². The molecule has 1 aromatic rings. The Kier molecular flexibility index (Phi) is 3.72. The highest BCUT2D eigenvalue weighted by molar-refractivity contribution is 5.98. The first-order valence-corrected chi connectivity index (χ1v) is 7.92. The van der Waals surface area contributed by atoms with Crippen LogP contribution in [-0.2, 0) is 0 Å². The molecule has 2 atom stereocenters. The van der Waals surface area contributed by atoms with Gasteiger partial charge in [0.25, 0.3) is 0 Å². The number of rotatable bonds is 4. The Labute approximate surface area is 116 Å². The van der Waals surface area contributed by atoms with Gasteiger partial charge >= 0.3 is 0 Å². The summed E-state index contributed by atoms with van der Waals surface area (Å²) in [5.41, 5.74) is 2.35. The molecule has 2 aliphatic rings. The van der Waals surface area contributed by atoms with Crippen LogP contribution in [0.1, 0.15) is 73.7 Å². The first-order valence-electron chi connectivity index (χ1n) is 7.92. The van der Waals surface area contributed by atoms with E-state index < -0.39 is 0 Å². The highest BCUT2D eigenvalue weighted by Crippen LogP contribution is 2.38. The van der Waals surface area contributed by atoms with E-state index in [1.807, 2.05) is 6.07 Å². The quantitative estimate of drug-likeness (QED) is 0.696. The highest BCUT2D eigenvalue weighted by Gasteiger charge is 2.30. The maximum Gasteiger partial charge on any atom is 0.165 e. The van der Waals surface area contributed by atoms with Gasteiger partial charge in [0.15, 0.2) is 5.78 Å². The fourth-order valence-electron chi connectivity index (χ4n) is 3.61. The fourth-order valence-corrected chi connectivity index (χ4v) is 3.61. The van der Waals surface area contributed by atoms with Crippen molar-refractivity contribution in [3.8, 4) is 0 Å². The summed E-state index contributed by atoms with van der Waals surface area (Å²) in [6.07, 6.45) is 8.65. The molecule has 2 aliphatic carbocycles. The SMILES string of the molecule is CCC1CCC(C(=O)c2cccc(C3CCC3)c2)C1. The summed E-state index contributed by atoms with van der Waals surface area (Å²) in [4.78, 5) is 12.6. The van der Waals surface area contributed by atoms with Crippen molar-refractivity contribution in [3.05, 3.63) is 35.4 Å². The molecule has 2 fully saturated rings. The van der Waals surface area contributed by atoms with Crippen LogP contribution in [0, 0.1) is 11.8 Å². The molecular formula is C18H24O. The number of carbonyl (C=O) groups excluding carboxylic acids is 1. The first kappa shape index (κ1) is 12.9. The molecule has 102 valence electrons. The number of hydrogen-bond acceptors (Lipinski definition) is 1. The molecule has 0 heterocycles. The number of ketones is 1. The molecule has 0 N–H and O–H groups in total. The van der Waals surface area contributed by atoms with Crippen molar-refractivity contribution < 1.29 is 4.79 Å². The van der Waals surface area contributed by atoms with Crippen LogP contribution in [0.5, 0.6) is 0 Å². The van der Waals surface area contributed by atoms with Crippen LogP contribution in [0.3, 0.4) is 0 Å². The van der Waals surface area contributed by atoms with Gasteiger partial charge < -0.3 is 0 Å². The summed E-state index contributed by atoms with van der Waals surface area (Å²) in [5, 5.41) is 0. The Balaban J connectivity index is 1.72. The normalized spacial score (nSPS) is 27.2. The standard InChI is InChI=1S/C18H24O/c1-2-13-9-10-17(11-13)18(19)16-8-4-7-15(12-16)14-5-3-6-14/h4,7-8,12-14,17H,2-3,5-6,9-11H2,1H3. The second-order valence-corrected chi connectivity index (χ2v) is 6.40. The Morgan fingerprint density at radius 2 is 2.05 bits per heavy atom. The average Bonchev–Trinajstić information content (AvgIpc) is 2.85. The molecule has 0 bridgehead atoms. The molecule has 0 aliphatic heterocycles. The maximum atomic E-state index is 12.6. The van der Waals surface area contributed by atoms with E-state index in [2.05, 4.69) is 25.1 Å². The number of hydrogen-bond donors (Lipinski definition) is 0. The second kappa shape index (κ2) is 5.48. The van der Waals surface area contributed by atoms with Crippen LogP contribution in [0.2, 0.25) is 0 Å². The molecule has 19 heavy (non-hydrogen) atoms. The van der Waals surface area contributed by atoms with Crippen molar-refractivity contribution in [1.29, 1.82) is 0 Å². The third kappa shape index (κ3) is 2.61. The smallest absolute Gasteiger partial charge is 0.165 e. The lowest BCUT2D eigenvalue weighted by molar-refractivity contribution is 0.0919. The van der Waals surface area contributed by atoms with Gasteiger partial charge in [0, 0.05) is 11.5 Å². The van der Waals surface area contributed by atoms with E-state index in [9.17, 15) is 4.79 Å². The van der Waals surface area contributed by atoms with E-state index in [0.717, 1.165) is 30.2 Å². The fraction of sp³-hybridized carbons (Fsp3) is 0.611. The van der Waals surface area contributed by atoms with Crippen molar-refractivity contribution in [2.24, 2.45) is 11.8 Å². The Morgan fingerprint density at radius 3 is 2.68 bits per heavy atom. The third-order valence-corrected chi connectivity index (χ3v) is 5.24. The lowest BCUT2D eigenvalue weighted by atomic mass is 9.79. The van der Waals surface area contributed by atoms with Crippen LogP contribution in [0.25, 0.3) is 0 Å². The maximum absolute atomic E-state index is 12.6. The zero-order chi connectivity index (χ0) is 13.2. The predicted molar refractivity (Wildman–Crippen MR) is 78.5 cm³/mol. The van der Waals surface area contributed by atoms with Gasteiger partial charge in [0.05, 0.1) is 0 Å². The molecule has 1 aromatic carbocycles. The molecule has 0 radical (unpaired) electrons. The molecule has 0 saturated heterocycles. The summed E-state index contributed by atoms with van der Waals surface area (Å²) >= 11 is 0. The molecule has 2 unspecified atom stereocenters. The Morgan fingerprint density at radius 1 is 1.21 bits per heavy atom. The molecule has 1 nitrogen and oxygen atoms in total. The number of carbonyl (C=O) groups is 1. The van der Waals surface area contributed by atoms with Crippen molar-refractivity contribution in [2.45, 2.75) is 57.8 Å². The van der Waals surface area contributed by atoms with Crippen LogP contribution in [0.15, 0.2) is 24.3 Å². The van der Waals surface area contributed by atoms with E-state index in [1.165, 1.54) is 37.7 Å². The third-order valence-electron chi connectivity index (χ3n) is 5.24. The van der Waals surface area contributed by atoms with Gasteiger partial charge in [-0.05, 0) is 55.6 Å². The summed E-state index contributed by atoms with van der Waals surface area (Å²) in [6, 6.07) is 8.46. The molecule has 0 amide bonds. The van der Waals surface area contributed by atoms with E-state index in [4.69, 9.17) is 0 Å². The van der Waals surface area contributed by atoms with Gasteiger partial charge in [0.1, 0.15) is 0 Å². The summed E-state index contributed by atoms with van der Waals surface area (Å²) in [5.74, 6) is 2.20. The van der Waals surface area contributed by atoms with Crippen molar-refractivity contribution in [1.82, 2.24) is 0 Å². The van der Waals surface area contributed by atoms with Gasteiger partial charge in [-0.1, -0.05) is 38.0 Å². The Hall–Kier alpha value is -1.11. The molecule has 0 aromatic heterocycles. The lowest BCUT2D eigenvalue weighted by Gasteiger charge is -2.26. The molecule has 1 heteroatoms. The van der Waals surface area contributed by atoms with E-state index in [1.54, 1.807) is 0 Å². The zero-order valence-electron chi connectivity index (χ0n) is 11.9. The number of Topliss-reactive ketones (excluding diaryl/α,β-unsaturated/α-hetero) is 1. The summed E-state index contributed by atoms with van der Waals surface area (Å²) < 4.78 is 0. The zero-order valence-corrected chi connectivity index (χ0v) is 11.9. The lowest BCUT2D eigenvalue weighted by Crippen LogP contribution is -2.14. The second-order valence-electron chi connectivity index (χ2n) is 6.40. The van der Waals surface area contributed by atoms with Crippen molar-refractivity contribution >= 4 is 5.78 Å². The molecular weight excluding hydrogens is 232 g/mol. The van der Waals surface area contributed by atoms with Gasteiger partial charge in [-0.2, -0.15) is 0 Å².